The quantitative estimate of drug-likeness (QED) is 0.856. The van der Waals surface area contributed by atoms with Gasteiger partial charge in [-0.15, -0.1) is 11.3 Å². The summed E-state index contributed by atoms with van der Waals surface area (Å²) in [6.45, 7) is 0.0730. The number of nitrogens with one attached hydrogen (secondary N) is 1. The molecule has 2 amide bonds. The van der Waals surface area contributed by atoms with E-state index >= 15 is 0 Å². The molecule has 2 aliphatic rings. The number of benzene rings is 1. The highest BCUT2D eigenvalue weighted by atomic mass is 35.5. The van der Waals surface area contributed by atoms with Gasteiger partial charge in [0, 0.05) is 10.4 Å². The Hall–Kier alpha value is -2.25. The number of amides is 2. The Bertz CT molecular complexity index is 893. The Labute approximate surface area is 152 Å². The number of anilines is 1. The first-order chi connectivity index (χ1) is 12.0. The Morgan fingerprint density at radius 2 is 2.00 bits per heavy atom. The topological polar surface area (TPSA) is 90.7 Å². The van der Waals surface area contributed by atoms with E-state index in [-0.39, 0.29) is 12.7 Å². The summed E-state index contributed by atoms with van der Waals surface area (Å²) in [5.41, 5.74) is 7.29. The molecular weight excluding hydrogens is 364 g/mol. The number of carbonyl (C=O) groups excluding carboxylic acids is 2. The van der Waals surface area contributed by atoms with Crippen molar-refractivity contribution in [2.45, 2.75) is 25.7 Å². The van der Waals surface area contributed by atoms with E-state index in [4.69, 9.17) is 26.8 Å². The lowest BCUT2D eigenvalue weighted by atomic mass is 9.95. The van der Waals surface area contributed by atoms with E-state index in [0.717, 1.165) is 36.1 Å². The van der Waals surface area contributed by atoms with E-state index in [1.54, 1.807) is 6.07 Å². The third-order valence-corrected chi connectivity index (χ3v) is 5.82. The summed E-state index contributed by atoms with van der Waals surface area (Å²) in [6, 6.07) is 3.09. The Kier molecular flexibility index (Phi) is 4.05. The van der Waals surface area contributed by atoms with Crippen LogP contribution in [-0.4, -0.2) is 18.6 Å². The zero-order valence-corrected chi connectivity index (χ0v) is 14.8. The molecule has 0 radical (unpaired) electrons. The van der Waals surface area contributed by atoms with Crippen molar-refractivity contribution in [1.29, 1.82) is 0 Å². The average molecular weight is 379 g/mol. The van der Waals surface area contributed by atoms with Gasteiger partial charge in [0.2, 0.25) is 6.79 Å². The van der Waals surface area contributed by atoms with Crippen LogP contribution in [0.1, 0.15) is 44.0 Å². The molecule has 1 aliphatic heterocycles. The van der Waals surface area contributed by atoms with Crippen molar-refractivity contribution in [1.82, 2.24) is 0 Å². The van der Waals surface area contributed by atoms with Crippen LogP contribution in [0.2, 0.25) is 5.02 Å². The third kappa shape index (κ3) is 2.83. The fourth-order valence-corrected chi connectivity index (χ4v) is 4.74. The van der Waals surface area contributed by atoms with E-state index in [1.165, 1.54) is 17.4 Å². The van der Waals surface area contributed by atoms with Crippen LogP contribution >= 0.6 is 22.9 Å². The normalized spacial score (nSPS) is 14.9. The molecule has 3 N–H and O–H groups in total. The predicted molar refractivity (Wildman–Crippen MR) is 95.0 cm³/mol. The number of fused-ring (bicyclic) bond motifs is 2. The van der Waals surface area contributed by atoms with Crippen LogP contribution < -0.4 is 20.5 Å². The molecular formula is C17H15ClN2O4S. The predicted octanol–water partition coefficient (Wildman–Crippen LogP) is 3.36. The van der Waals surface area contributed by atoms with E-state index < -0.39 is 5.91 Å². The highest BCUT2D eigenvalue weighted by molar-refractivity contribution is 7.17. The minimum Gasteiger partial charge on any atom is -0.454 e. The molecule has 6 nitrogen and oxygen atoms in total. The van der Waals surface area contributed by atoms with Crippen molar-refractivity contribution in [3.63, 3.8) is 0 Å². The molecule has 2 heterocycles. The highest BCUT2D eigenvalue weighted by Crippen LogP contribution is 2.41. The highest BCUT2D eigenvalue weighted by Gasteiger charge is 2.26. The number of thiophene rings is 1. The smallest absolute Gasteiger partial charge is 0.256 e. The van der Waals surface area contributed by atoms with Crippen LogP contribution in [0, 0.1) is 0 Å². The standard InChI is InChI=1S/C17H15ClN2O4S/c18-10-5-8(6-11-14(10)24-7-23-11)16(22)20-17-13(15(19)21)9-3-1-2-4-12(9)25-17/h5-6H,1-4,7H2,(H2,19,21)(H,20,22). The molecule has 0 bridgehead atoms. The summed E-state index contributed by atoms with van der Waals surface area (Å²) in [5, 5.41) is 3.61. The molecule has 0 atom stereocenters. The Morgan fingerprint density at radius 1 is 1.20 bits per heavy atom. The first-order valence-electron chi connectivity index (χ1n) is 7.89. The molecule has 0 spiro atoms. The van der Waals surface area contributed by atoms with Gasteiger partial charge in [0.15, 0.2) is 11.5 Å². The second kappa shape index (κ2) is 6.24. The molecule has 130 valence electrons. The second-order valence-corrected chi connectivity index (χ2v) is 7.44. The fraction of sp³-hybridized carbons (Fsp3) is 0.294. The maximum absolute atomic E-state index is 12.6. The largest absolute Gasteiger partial charge is 0.454 e. The van der Waals surface area contributed by atoms with E-state index in [1.807, 2.05) is 0 Å². The molecule has 1 aromatic heterocycles. The van der Waals surface area contributed by atoms with Crippen LogP contribution in [0.4, 0.5) is 5.00 Å². The van der Waals surface area contributed by atoms with Crippen molar-refractivity contribution in [2.24, 2.45) is 5.73 Å². The molecule has 8 heteroatoms. The van der Waals surface area contributed by atoms with Gasteiger partial charge in [-0.1, -0.05) is 11.6 Å². The first kappa shape index (κ1) is 16.2. The number of aryl methyl sites for hydroxylation is 1. The van der Waals surface area contributed by atoms with Gasteiger partial charge in [0.25, 0.3) is 11.8 Å². The zero-order chi connectivity index (χ0) is 17.6. The van der Waals surface area contributed by atoms with Gasteiger partial charge >= 0.3 is 0 Å². The molecule has 25 heavy (non-hydrogen) atoms. The maximum atomic E-state index is 12.6. The third-order valence-electron chi connectivity index (χ3n) is 4.33. The summed E-state index contributed by atoms with van der Waals surface area (Å²) < 4.78 is 10.5. The summed E-state index contributed by atoms with van der Waals surface area (Å²) in [5.74, 6) is -0.0272. The van der Waals surface area contributed by atoms with E-state index in [9.17, 15) is 9.59 Å². The lowest BCUT2D eigenvalue weighted by Gasteiger charge is -2.11. The summed E-state index contributed by atoms with van der Waals surface area (Å²) in [7, 11) is 0. The minimum atomic E-state index is -0.515. The molecule has 0 saturated carbocycles. The monoisotopic (exact) mass is 378 g/mol. The number of primary amides is 1. The average Bonchev–Trinajstić information content (AvgIpc) is 3.18. The van der Waals surface area contributed by atoms with Crippen molar-refractivity contribution in [3.8, 4) is 11.5 Å². The van der Waals surface area contributed by atoms with Crippen LogP contribution in [-0.2, 0) is 12.8 Å². The molecule has 2 aromatic rings. The van der Waals surface area contributed by atoms with Gasteiger partial charge in [0.05, 0.1) is 10.6 Å². The van der Waals surface area contributed by atoms with E-state index in [2.05, 4.69) is 5.32 Å². The lowest BCUT2D eigenvalue weighted by molar-refractivity contribution is 0.100. The minimum absolute atomic E-state index is 0.0730. The Balaban J connectivity index is 1.67. The number of hydrogen-bond acceptors (Lipinski definition) is 5. The number of halogens is 1. The van der Waals surface area contributed by atoms with Gasteiger partial charge in [0.1, 0.15) is 5.00 Å². The molecule has 1 aliphatic carbocycles. The van der Waals surface area contributed by atoms with Crippen molar-refractivity contribution in [3.05, 3.63) is 38.7 Å². The Morgan fingerprint density at radius 3 is 2.80 bits per heavy atom. The number of rotatable bonds is 3. The van der Waals surface area contributed by atoms with Gasteiger partial charge in [-0.3, -0.25) is 9.59 Å². The number of hydrogen-bond donors (Lipinski definition) is 2. The first-order valence-corrected chi connectivity index (χ1v) is 9.09. The van der Waals surface area contributed by atoms with Crippen LogP contribution in [0.3, 0.4) is 0 Å². The van der Waals surface area contributed by atoms with E-state index in [0.29, 0.717) is 32.6 Å². The van der Waals surface area contributed by atoms with Crippen molar-refractivity contribution < 1.29 is 19.1 Å². The summed E-state index contributed by atoms with van der Waals surface area (Å²) >= 11 is 7.55. The number of nitrogens with two attached hydrogens (primary N) is 1. The van der Waals surface area contributed by atoms with Crippen LogP contribution in [0.15, 0.2) is 12.1 Å². The molecule has 0 unspecified atom stereocenters. The molecule has 0 saturated heterocycles. The van der Waals surface area contributed by atoms with Crippen LogP contribution in [0.5, 0.6) is 11.5 Å². The van der Waals surface area contributed by atoms with Crippen molar-refractivity contribution >= 4 is 39.8 Å². The molecule has 1 aromatic carbocycles. The number of ether oxygens (including phenoxy) is 2. The lowest BCUT2D eigenvalue weighted by Crippen LogP contribution is -2.18. The molecule has 4 rings (SSSR count). The molecule has 0 fully saturated rings. The summed E-state index contributed by atoms with van der Waals surface area (Å²) in [4.78, 5) is 25.7. The van der Waals surface area contributed by atoms with Crippen molar-refractivity contribution in [2.75, 3.05) is 12.1 Å². The number of carbonyl (C=O) groups is 2. The van der Waals surface area contributed by atoms with Crippen LogP contribution in [0.25, 0.3) is 0 Å². The van der Waals surface area contributed by atoms with Gasteiger partial charge in [-0.05, 0) is 43.4 Å². The van der Waals surface area contributed by atoms with Gasteiger partial charge < -0.3 is 20.5 Å². The van der Waals surface area contributed by atoms with Gasteiger partial charge in [-0.2, -0.15) is 0 Å². The summed E-state index contributed by atoms with van der Waals surface area (Å²) in [6.07, 6.45) is 3.83. The fourth-order valence-electron chi connectivity index (χ4n) is 3.19. The maximum Gasteiger partial charge on any atom is 0.256 e. The SMILES string of the molecule is NC(=O)c1c(NC(=O)c2cc(Cl)c3c(c2)OCO3)sc2c1CCCC2. The zero-order valence-electron chi connectivity index (χ0n) is 13.2. The van der Waals surface area contributed by atoms with Gasteiger partial charge in [-0.25, -0.2) is 0 Å². The second-order valence-electron chi connectivity index (χ2n) is 5.93.